The molecular formula is C11H19N3O4. The molecule has 0 aliphatic carbocycles. The molecule has 0 amide bonds. The van der Waals surface area contributed by atoms with E-state index in [9.17, 15) is 9.59 Å². The molecule has 1 rings (SSSR count). The number of nitrogens with zero attached hydrogens (tertiary/aromatic N) is 1. The Bertz CT molecular complexity index is 324. The molecule has 0 aromatic rings. The Kier molecular flexibility index (Phi) is 6.13. The van der Waals surface area contributed by atoms with Crippen LogP contribution in [0.3, 0.4) is 0 Å². The second-order valence-electron chi connectivity index (χ2n) is 4.06. The maximum Gasteiger partial charge on any atom is 0.335 e. The quantitative estimate of drug-likeness (QED) is 0.234. The third-order valence-electron chi connectivity index (χ3n) is 2.68. The van der Waals surface area contributed by atoms with Crippen molar-refractivity contribution in [1.82, 2.24) is 5.32 Å². The van der Waals surface area contributed by atoms with E-state index in [2.05, 4.69) is 20.0 Å². The molecule has 0 aromatic heterocycles. The number of hydrogen-bond acceptors (Lipinski definition) is 6. The summed E-state index contributed by atoms with van der Waals surface area (Å²) in [4.78, 5) is 26.7. The number of esters is 1. The van der Waals surface area contributed by atoms with Crippen LogP contribution < -0.4 is 11.1 Å². The lowest BCUT2D eigenvalue weighted by Gasteiger charge is -2.21. The van der Waals surface area contributed by atoms with Gasteiger partial charge in [0.15, 0.2) is 5.84 Å². The van der Waals surface area contributed by atoms with Crippen LogP contribution in [0.4, 0.5) is 0 Å². The highest BCUT2D eigenvalue weighted by Gasteiger charge is 2.17. The molecule has 1 aliphatic rings. The molecule has 1 heterocycles. The molecular weight excluding hydrogens is 238 g/mol. The molecule has 7 heteroatoms. The van der Waals surface area contributed by atoms with Crippen LogP contribution in [0.2, 0.25) is 0 Å². The Labute approximate surface area is 106 Å². The van der Waals surface area contributed by atoms with Gasteiger partial charge < -0.3 is 20.6 Å². The van der Waals surface area contributed by atoms with Gasteiger partial charge in [-0.05, 0) is 19.4 Å². The first-order valence-corrected chi connectivity index (χ1v) is 5.97. The molecule has 0 saturated carbocycles. The van der Waals surface area contributed by atoms with E-state index in [-0.39, 0.29) is 24.7 Å². The van der Waals surface area contributed by atoms with E-state index < -0.39 is 11.9 Å². The van der Waals surface area contributed by atoms with Gasteiger partial charge in [-0.25, -0.2) is 4.79 Å². The van der Waals surface area contributed by atoms with Gasteiger partial charge in [0, 0.05) is 0 Å². The van der Waals surface area contributed by atoms with E-state index in [1.54, 1.807) is 0 Å². The highest BCUT2D eigenvalue weighted by atomic mass is 16.7. The van der Waals surface area contributed by atoms with Gasteiger partial charge in [0.05, 0.1) is 26.0 Å². The van der Waals surface area contributed by atoms with Gasteiger partial charge in [0.2, 0.25) is 0 Å². The summed E-state index contributed by atoms with van der Waals surface area (Å²) in [5.74, 6) is -0.793. The summed E-state index contributed by atoms with van der Waals surface area (Å²) in [7, 11) is 1.26. The van der Waals surface area contributed by atoms with E-state index in [1.165, 1.54) is 7.11 Å². The largest absolute Gasteiger partial charge is 0.469 e. The van der Waals surface area contributed by atoms with E-state index in [0.29, 0.717) is 0 Å². The van der Waals surface area contributed by atoms with Crippen molar-refractivity contribution in [3.8, 4) is 0 Å². The van der Waals surface area contributed by atoms with Crippen LogP contribution in [0.25, 0.3) is 0 Å². The highest BCUT2D eigenvalue weighted by molar-refractivity contribution is 5.86. The first-order chi connectivity index (χ1) is 8.63. The highest BCUT2D eigenvalue weighted by Crippen LogP contribution is 2.07. The van der Waals surface area contributed by atoms with Crippen molar-refractivity contribution in [1.29, 1.82) is 0 Å². The first-order valence-electron chi connectivity index (χ1n) is 5.97. The molecule has 0 bridgehead atoms. The van der Waals surface area contributed by atoms with Gasteiger partial charge in [0.1, 0.15) is 0 Å². The molecule has 1 fully saturated rings. The van der Waals surface area contributed by atoms with Crippen molar-refractivity contribution in [3.63, 3.8) is 0 Å². The lowest BCUT2D eigenvalue weighted by Crippen LogP contribution is -2.44. The van der Waals surface area contributed by atoms with E-state index in [0.717, 1.165) is 25.8 Å². The zero-order chi connectivity index (χ0) is 13.4. The van der Waals surface area contributed by atoms with E-state index in [1.807, 2.05) is 0 Å². The van der Waals surface area contributed by atoms with Crippen molar-refractivity contribution in [3.05, 3.63) is 0 Å². The maximum absolute atomic E-state index is 11.2. The number of amidine groups is 1. The predicted octanol–water partition coefficient (Wildman–Crippen LogP) is -0.103. The number of ether oxygens (including phenoxy) is 1. The number of piperidine rings is 1. The standard InChI is InChI=1S/C11H19N3O4/c1-17-9(15)5-6-10(16)18-14-11(12)8-4-2-3-7-13-8/h8,13H,2-7H2,1H3,(H2,12,14). The normalized spacial score (nSPS) is 20.3. The fourth-order valence-corrected chi connectivity index (χ4v) is 1.62. The summed E-state index contributed by atoms with van der Waals surface area (Å²) < 4.78 is 4.40. The van der Waals surface area contributed by atoms with Crippen LogP contribution in [0.1, 0.15) is 32.1 Å². The predicted molar refractivity (Wildman–Crippen MR) is 64.6 cm³/mol. The van der Waals surface area contributed by atoms with Gasteiger partial charge in [-0.3, -0.25) is 4.79 Å². The van der Waals surface area contributed by atoms with Crippen LogP contribution in [-0.4, -0.2) is 37.5 Å². The SMILES string of the molecule is COC(=O)CCC(=O)ON=C(N)C1CCCCN1. The van der Waals surface area contributed by atoms with Gasteiger partial charge >= 0.3 is 11.9 Å². The lowest BCUT2D eigenvalue weighted by molar-refractivity contribution is -0.149. The Morgan fingerprint density at radius 2 is 2.06 bits per heavy atom. The van der Waals surface area contributed by atoms with Gasteiger partial charge in [-0.1, -0.05) is 11.6 Å². The van der Waals surface area contributed by atoms with Crippen LogP contribution in [0.15, 0.2) is 5.16 Å². The smallest absolute Gasteiger partial charge is 0.335 e. The first kappa shape index (κ1) is 14.4. The van der Waals surface area contributed by atoms with Gasteiger partial charge in [0.25, 0.3) is 0 Å². The number of nitrogens with one attached hydrogen (secondary N) is 1. The van der Waals surface area contributed by atoms with Crippen molar-refractivity contribution >= 4 is 17.8 Å². The third kappa shape index (κ3) is 5.13. The number of nitrogens with two attached hydrogens (primary N) is 1. The number of oxime groups is 1. The fraction of sp³-hybridized carbons (Fsp3) is 0.727. The second kappa shape index (κ2) is 7.65. The number of carbonyl (C=O) groups is 2. The molecule has 0 spiro atoms. The minimum Gasteiger partial charge on any atom is -0.469 e. The summed E-state index contributed by atoms with van der Waals surface area (Å²) in [5, 5.41) is 6.76. The fourth-order valence-electron chi connectivity index (χ4n) is 1.62. The minimum absolute atomic E-state index is 0.0214. The number of rotatable bonds is 5. The van der Waals surface area contributed by atoms with E-state index >= 15 is 0 Å². The van der Waals surface area contributed by atoms with Crippen LogP contribution in [0.5, 0.6) is 0 Å². The molecule has 18 heavy (non-hydrogen) atoms. The minimum atomic E-state index is -0.598. The average molecular weight is 257 g/mol. The van der Waals surface area contributed by atoms with Gasteiger partial charge in [-0.2, -0.15) is 0 Å². The van der Waals surface area contributed by atoms with Gasteiger partial charge in [-0.15, -0.1) is 0 Å². The van der Waals surface area contributed by atoms with Crippen molar-refractivity contribution in [2.45, 2.75) is 38.1 Å². The molecule has 1 unspecified atom stereocenters. The van der Waals surface area contributed by atoms with E-state index in [4.69, 9.17) is 5.73 Å². The summed E-state index contributed by atoms with van der Waals surface area (Å²) in [6, 6.07) is -0.0350. The summed E-state index contributed by atoms with van der Waals surface area (Å²) in [6.07, 6.45) is 2.98. The Hall–Kier alpha value is -1.63. The maximum atomic E-state index is 11.2. The molecule has 7 nitrogen and oxygen atoms in total. The lowest BCUT2D eigenvalue weighted by atomic mass is 10.0. The van der Waals surface area contributed by atoms with Crippen LogP contribution in [0, 0.1) is 0 Å². The number of carbonyl (C=O) groups excluding carboxylic acids is 2. The Morgan fingerprint density at radius 1 is 1.33 bits per heavy atom. The van der Waals surface area contributed by atoms with Crippen molar-refractivity contribution in [2.75, 3.05) is 13.7 Å². The molecule has 1 atom stereocenters. The summed E-state index contributed by atoms with van der Waals surface area (Å²) in [5.41, 5.74) is 5.70. The molecule has 102 valence electrons. The average Bonchev–Trinajstić information content (AvgIpc) is 2.42. The Balaban J connectivity index is 2.28. The van der Waals surface area contributed by atoms with Crippen molar-refractivity contribution in [2.24, 2.45) is 10.9 Å². The van der Waals surface area contributed by atoms with Crippen LogP contribution in [-0.2, 0) is 19.2 Å². The summed E-state index contributed by atoms with van der Waals surface area (Å²) >= 11 is 0. The second-order valence-corrected chi connectivity index (χ2v) is 4.06. The monoisotopic (exact) mass is 257 g/mol. The molecule has 0 aromatic carbocycles. The molecule has 1 aliphatic heterocycles. The molecule has 1 saturated heterocycles. The third-order valence-corrected chi connectivity index (χ3v) is 2.68. The summed E-state index contributed by atoms with van der Waals surface area (Å²) in [6.45, 7) is 0.886. The van der Waals surface area contributed by atoms with Crippen molar-refractivity contribution < 1.29 is 19.2 Å². The Morgan fingerprint density at radius 3 is 2.67 bits per heavy atom. The topological polar surface area (TPSA) is 103 Å². The zero-order valence-electron chi connectivity index (χ0n) is 10.5. The molecule has 0 radical (unpaired) electrons. The molecule has 3 N–H and O–H groups in total. The number of hydrogen-bond donors (Lipinski definition) is 2. The van der Waals surface area contributed by atoms with Crippen LogP contribution >= 0.6 is 0 Å². The number of methoxy groups -OCH3 is 1. The zero-order valence-corrected chi connectivity index (χ0v) is 10.5.